The summed E-state index contributed by atoms with van der Waals surface area (Å²) in [5, 5.41) is 10.9. The molecule has 1 aliphatic rings. The van der Waals surface area contributed by atoms with Crippen LogP contribution in [0.1, 0.15) is 5.56 Å². The zero-order valence-corrected chi connectivity index (χ0v) is 11.4. The first-order valence-electron chi connectivity index (χ1n) is 6.47. The highest BCUT2D eigenvalue weighted by atomic mass is 16.6. The quantitative estimate of drug-likeness (QED) is 0.475. The van der Waals surface area contributed by atoms with Gasteiger partial charge in [-0.15, -0.1) is 0 Å². The Morgan fingerprint density at radius 3 is 2.55 bits per heavy atom. The van der Waals surface area contributed by atoms with Gasteiger partial charge in [-0.05, 0) is 19.2 Å². The SMILES string of the molecule is CN1CCN(C(=O)C=Cc2ccccc2[N+](=O)[O-])CC1. The van der Waals surface area contributed by atoms with Crippen molar-refractivity contribution in [1.29, 1.82) is 0 Å². The molecular formula is C14H17N3O3. The topological polar surface area (TPSA) is 66.7 Å². The van der Waals surface area contributed by atoms with Crippen molar-refractivity contribution in [3.63, 3.8) is 0 Å². The van der Waals surface area contributed by atoms with E-state index in [4.69, 9.17) is 0 Å². The summed E-state index contributed by atoms with van der Waals surface area (Å²) in [6.07, 6.45) is 2.92. The van der Waals surface area contributed by atoms with Crippen LogP contribution >= 0.6 is 0 Å². The van der Waals surface area contributed by atoms with Crippen molar-refractivity contribution in [3.05, 3.63) is 46.0 Å². The van der Waals surface area contributed by atoms with Gasteiger partial charge in [0.25, 0.3) is 5.69 Å². The fourth-order valence-electron chi connectivity index (χ4n) is 2.09. The van der Waals surface area contributed by atoms with E-state index in [0.29, 0.717) is 18.7 Å². The molecule has 1 saturated heterocycles. The third-order valence-electron chi connectivity index (χ3n) is 3.35. The Kier molecular flexibility index (Phi) is 4.47. The molecule has 0 saturated carbocycles. The van der Waals surface area contributed by atoms with Crippen molar-refractivity contribution >= 4 is 17.7 Å². The molecule has 1 heterocycles. The maximum atomic E-state index is 12.0. The minimum atomic E-state index is -0.444. The molecule has 6 nitrogen and oxygen atoms in total. The maximum Gasteiger partial charge on any atom is 0.276 e. The number of piperazine rings is 1. The molecule has 0 radical (unpaired) electrons. The number of hydrogen-bond donors (Lipinski definition) is 0. The van der Waals surface area contributed by atoms with Crippen LogP contribution in [0.2, 0.25) is 0 Å². The van der Waals surface area contributed by atoms with E-state index in [1.807, 2.05) is 7.05 Å². The summed E-state index contributed by atoms with van der Waals surface area (Å²) < 4.78 is 0. The third kappa shape index (κ3) is 3.42. The molecule has 106 valence electrons. The Bertz CT molecular complexity index is 534. The second-order valence-corrected chi connectivity index (χ2v) is 4.78. The largest absolute Gasteiger partial charge is 0.337 e. The highest BCUT2D eigenvalue weighted by Gasteiger charge is 2.17. The number of amides is 1. The van der Waals surface area contributed by atoms with E-state index >= 15 is 0 Å². The van der Waals surface area contributed by atoms with Crippen LogP contribution in [0.3, 0.4) is 0 Å². The number of likely N-dealkylation sites (N-methyl/N-ethyl adjacent to an activating group) is 1. The predicted octanol–water partition coefficient (Wildman–Crippen LogP) is 1.38. The normalized spacial score (nSPS) is 16.6. The van der Waals surface area contributed by atoms with Crippen molar-refractivity contribution in [2.24, 2.45) is 0 Å². The van der Waals surface area contributed by atoms with Crippen molar-refractivity contribution in [3.8, 4) is 0 Å². The lowest BCUT2D eigenvalue weighted by Gasteiger charge is -2.31. The molecular weight excluding hydrogens is 258 g/mol. The van der Waals surface area contributed by atoms with Gasteiger partial charge in [-0.3, -0.25) is 14.9 Å². The van der Waals surface area contributed by atoms with E-state index in [0.717, 1.165) is 13.1 Å². The predicted molar refractivity (Wildman–Crippen MR) is 76.2 cm³/mol. The number of nitrogens with zero attached hydrogens (tertiary/aromatic N) is 3. The van der Waals surface area contributed by atoms with Gasteiger partial charge in [0.2, 0.25) is 5.91 Å². The van der Waals surface area contributed by atoms with Gasteiger partial charge < -0.3 is 9.80 Å². The first kappa shape index (κ1) is 14.2. The number of carbonyl (C=O) groups is 1. The third-order valence-corrected chi connectivity index (χ3v) is 3.35. The molecule has 0 aromatic heterocycles. The summed E-state index contributed by atoms with van der Waals surface area (Å²) in [5.74, 6) is -0.101. The molecule has 0 spiro atoms. The van der Waals surface area contributed by atoms with Gasteiger partial charge in [0.1, 0.15) is 0 Å². The van der Waals surface area contributed by atoms with Crippen LogP contribution in [0.15, 0.2) is 30.3 Å². The smallest absolute Gasteiger partial charge is 0.276 e. The lowest BCUT2D eigenvalue weighted by atomic mass is 10.1. The average molecular weight is 275 g/mol. The summed E-state index contributed by atoms with van der Waals surface area (Å²) in [6, 6.07) is 6.39. The highest BCUT2D eigenvalue weighted by molar-refractivity contribution is 5.92. The minimum absolute atomic E-state index is 0.00919. The number of nitro groups is 1. The van der Waals surface area contributed by atoms with Gasteiger partial charge >= 0.3 is 0 Å². The van der Waals surface area contributed by atoms with Crippen molar-refractivity contribution < 1.29 is 9.72 Å². The van der Waals surface area contributed by atoms with E-state index in [1.54, 1.807) is 23.1 Å². The number of rotatable bonds is 3. The number of benzene rings is 1. The number of para-hydroxylation sites is 1. The molecule has 1 fully saturated rings. The summed E-state index contributed by atoms with van der Waals surface area (Å²) >= 11 is 0. The van der Waals surface area contributed by atoms with Crippen molar-refractivity contribution in [2.75, 3.05) is 33.2 Å². The van der Waals surface area contributed by atoms with Gasteiger partial charge in [-0.25, -0.2) is 0 Å². The molecule has 0 aliphatic carbocycles. The van der Waals surface area contributed by atoms with Crippen LogP contribution in [0.4, 0.5) is 5.69 Å². The zero-order valence-electron chi connectivity index (χ0n) is 11.4. The summed E-state index contributed by atoms with van der Waals surface area (Å²) in [6.45, 7) is 3.09. The molecule has 0 N–H and O–H groups in total. The first-order valence-corrected chi connectivity index (χ1v) is 6.47. The fraction of sp³-hybridized carbons (Fsp3) is 0.357. The monoisotopic (exact) mass is 275 g/mol. The summed E-state index contributed by atoms with van der Waals surface area (Å²) in [4.78, 5) is 26.4. The van der Waals surface area contributed by atoms with Crippen LogP contribution < -0.4 is 0 Å². The van der Waals surface area contributed by atoms with Crippen LogP contribution in [0.5, 0.6) is 0 Å². The van der Waals surface area contributed by atoms with Crippen molar-refractivity contribution in [2.45, 2.75) is 0 Å². The Balaban J connectivity index is 2.06. The number of hydrogen-bond acceptors (Lipinski definition) is 4. The van der Waals surface area contributed by atoms with E-state index in [2.05, 4.69) is 4.90 Å². The van der Waals surface area contributed by atoms with E-state index in [1.165, 1.54) is 18.2 Å². The summed E-state index contributed by atoms with van der Waals surface area (Å²) in [5.41, 5.74) is 0.454. The Hall–Kier alpha value is -2.21. The van der Waals surface area contributed by atoms with Gasteiger partial charge in [0, 0.05) is 38.3 Å². The molecule has 0 unspecified atom stereocenters. The Morgan fingerprint density at radius 2 is 1.90 bits per heavy atom. The van der Waals surface area contributed by atoms with Gasteiger partial charge in [0.05, 0.1) is 10.5 Å². The number of carbonyl (C=O) groups excluding carboxylic acids is 1. The molecule has 2 rings (SSSR count). The van der Waals surface area contributed by atoms with Crippen LogP contribution in [0, 0.1) is 10.1 Å². The van der Waals surface area contributed by atoms with Gasteiger partial charge in [0.15, 0.2) is 0 Å². The minimum Gasteiger partial charge on any atom is -0.337 e. The van der Waals surface area contributed by atoms with E-state index in [9.17, 15) is 14.9 Å². The standard InChI is InChI=1S/C14H17N3O3/c1-15-8-10-16(11-9-15)14(18)7-6-12-4-2-3-5-13(12)17(19)20/h2-7H,8-11H2,1H3. The van der Waals surface area contributed by atoms with Crippen LogP contribution in [-0.2, 0) is 4.79 Å². The molecule has 0 bridgehead atoms. The van der Waals surface area contributed by atoms with Gasteiger partial charge in [-0.2, -0.15) is 0 Å². The first-order chi connectivity index (χ1) is 9.58. The van der Waals surface area contributed by atoms with E-state index in [-0.39, 0.29) is 11.6 Å². The Labute approximate surface area is 117 Å². The van der Waals surface area contributed by atoms with Crippen LogP contribution in [0.25, 0.3) is 6.08 Å². The van der Waals surface area contributed by atoms with Crippen LogP contribution in [-0.4, -0.2) is 53.9 Å². The average Bonchev–Trinajstić information content (AvgIpc) is 2.45. The fourth-order valence-corrected chi connectivity index (χ4v) is 2.09. The second kappa shape index (κ2) is 6.29. The molecule has 20 heavy (non-hydrogen) atoms. The number of nitro benzene ring substituents is 1. The second-order valence-electron chi connectivity index (χ2n) is 4.78. The summed E-state index contributed by atoms with van der Waals surface area (Å²) in [7, 11) is 2.02. The van der Waals surface area contributed by atoms with Crippen molar-refractivity contribution in [1.82, 2.24) is 9.80 Å². The molecule has 0 atom stereocenters. The molecule has 1 aliphatic heterocycles. The zero-order chi connectivity index (χ0) is 14.5. The van der Waals surface area contributed by atoms with E-state index < -0.39 is 4.92 Å². The molecule has 1 aromatic rings. The molecule has 6 heteroatoms. The van der Waals surface area contributed by atoms with Gasteiger partial charge in [-0.1, -0.05) is 12.1 Å². The lowest BCUT2D eigenvalue weighted by Crippen LogP contribution is -2.46. The Morgan fingerprint density at radius 1 is 1.25 bits per heavy atom. The highest BCUT2D eigenvalue weighted by Crippen LogP contribution is 2.19. The maximum absolute atomic E-state index is 12.0. The lowest BCUT2D eigenvalue weighted by molar-refractivity contribution is -0.385. The molecule has 1 amide bonds. The molecule has 1 aromatic carbocycles.